The number of carbonyl (C=O) groups is 1. The summed E-state index contributed by atoms with van der Waals surface area (Å²) in [4.78, 5) is 13.7. The minimum Gasteiger partial charge on any atom is -0.389 e. The van der Waals surface area contributed by atoms with Gasteiger partial charge in [-0.25, -0.2) is 4.39 Å². The van der Waals surface area contributed by atoms with Crippen molar-refractivity contribution in [3.63, 3.8) is 0 Å². The Morgan fingerprint density at radius 1 is 1.26 bits per heavy atom. The monoisotopic (exact) mass is 313 g/mol. The van der Waals surface area contributed by atoms with Crippen molar-refractivity contribution in [3.05, 3.63) is 72.7 Å². The summed E-state index contributed by atoms with van der Waals surface area (Å²) in [5, 5.41) is 12.1. The molecule has 1 aromatic rings. The fourth-order valence-electron chi connectivity index (χ4n) is 1.91. The number of rotatable bonds is 9. The summed E-state index contributed by atoms with van der Waals surface area (Å²) in [7, 11) is 0. The Bertz CT molecular complexity index is 604. The summed E-state index contributed by atoms with van der Waals surface area (Å²) in [6, 6.07) is 8.10. The highest BCUT2D eigenvalue weighted by Gasteiger charge is 2.15. The molecule has 120 valence electrons. The number of nitrogens with one attached hydrogen (secondary N) is 1. The van der Waals surface area contributed by atoms with Crippen LogP contribution >= 0.6 is 0 Å². The molecular weight excluding hydrogens is 293 g/mol. The van der Waals surface area contributed by atoms with Gasteiger partial charge in [-0.15, -0.1) is 13.2 Å². The lowest BCUT2D eigenvalue weighted by molar-refractivity contribution is -0.125. The van der Waals surface area contributed by atoms with Gasteiger partial charge in [0.1, 0.15) is 17.5 Å². The highest BCUT2D eigenvalue weighted by Crippen LogP contribution is 2.04. The van der Waals surface area contributed by atoms with Crippen LogP contribution in [0.25, 0.3) is 0 Å². The second kappa shape index (κ2) is 9.96. The molecule has 0 radical (unpaired) electrons. The molecule has 0 heterocycles. The average Bonchev–Trinajstić information content (AvgIpc) is 2.56. The van der Waals surface area contributed by atoms with Gasteiger partial charge in [-0.3, -0.25) is 4.79 Å². The van der Waals surface area contributed by atoms with Crippen molar-refractivity contribution in [3.8, 4) is 6.07 Å². The first-order valence-corrected chi connectivity index (χ1v) is 7.21. The van der Waals surface area contributed by atoms with Gasteiger partial charge in [-0.1, -0.05) is 24.3 Å². The maximum absolute atomic E-state index is 12.8. The highest BCUT2D eigenvalue weighted by atomic mass is 19.1. The van der Waals surface area contributed by atoms with Gasteiger partial charge in [0, 0.05) is 25.8 Å². The Kier molecular flexibility index (Phi) is 7.87. The predicted molar refractivity (Wildman–Crippen MR) is 88.8 cm³/mol. The van der Waals surface area contributed by atoms with Gasteiger partial charge in [0.2, 0.25) is 0 Å². The predicted octanol–water partition coefficient (Wildman–Crippen LogP) is 2.57. The molecule has 4 nitrogen and oxygen atoms in total. The molecule has 23 heavy (non-hydrogen) atoms. The molecule has 0 aliphatic rings. The normalized spacial score (nSPS) is 10.5. The quantitative estimate of drug-likeness (QED) is 0.330. The number of nitriles is 1. The van der Waals surface area contributed by atoms with E-state index in [9.17, 15) is 9.18 Å². The molecule has 0 spiro atoms. The van der Waals surface area contributed by atoms with Crippen molar-refractivity contribution in [2.24, 2.45) is 0 Å². The van der Waals surface area contributed by atoms with Crippen LogP contribution in [0.4, 0.5) is 4.39 Å². The lowest BCUT2D eigenvalue weighted by atomic mass is 10.1. The summed E-state index contributed by atoms with van der Waals surface area (Å²) in [6.07, 6.45) is 5.26. The number of amides is 1. The first kappa shape index (κ1) is 18.2. The Balaban J connectivity index is 2.58. The lowest BCUT2D eigenvalue weighted by Crippen LogP contribution is -2.32. The fraction of sp³-hybridized carbons (Fsp3) is 0.222. The van der Waals surface area contributed by atoms with Gasteiger partial charge in [-0.05, 0) is 24.1 Å². The Hall–Kier alpha value is -2.87. The van der Waals surface area contributed by atoms with E-state index in [0.717, 1.165) is 5.56 Å². The standard InChI is InChI=1S/C18H20FN3O/c1-3-11-22(12-4-2)18(23)16(13-20)14-21-10-9-15-5-7-17(19)8-6-15/h3-8,14,21H,1-2,9-12H2/b16-14-. The number of benzene rings is 1. The number of carbonyl (C=O) groups excluding carboxylic acids is 1. The molecule has 0 saturated heterocycles. The van der Waals surface area contributed by atoms with Gasteiger partial charge in [0.05, 0.1) is 0 Å². The zero-order valence-electron chi connectivity index (χ0n) is 13.0. The molecule has 0 bridgehead atoms. The van der Waals surface area contributed by atoms with Crippen LogP contribution in [0.5, 0.6) is 0 Å². The van der Waals surface area contributed by atoms with Gasteiger partial charge in [-0.2, -0.15) is 5.26 Å². The Labute approximate surface area is 136 Å². The van der Waals surface area contributed by atoms with Crippen molar-refractivity contribution >= 4 is 5.91 Å². The van der Waals surface area contributed by atoms with Crippen LogP contribution in [0.15, 0.2) is 61.3 Å². The first-order chi connectivity index (χ1) is 11.1. The first-order valence-electron chi connectivity index (χ1n) is 7.21. The van der Waals surface area contributed by atoms with E-state index < -0.39 is 0 Å². The zero-order chi connectivity index (χ0) is 17.1. The summed E-state index contributed by atoms with van der Waals surface area (Å²) >= 11 is 0. The molecule has 1 N–H and O–H groups in total. The van der Waals surface area contributed by atoms with E-state index in [-0.39, 0.29) is 17.3 Å². The summed E-state index contributed by atoms with van der Waals surface area (Å²) in [6.45, 7) is 8.41. The molecule has 0 aromatic heterocycles. The van der Waals surface area contributed by atoms with E-state index in [1.54, 1.807) is 24.3 Å². The third-order valence-electron chi connectivity index (χ3n) is 3.05. The molecule has 0 saturated carbocycles. The number of nitrogens with zero attached hydrogens (tertiary/aromatic N) is 2. The molecule has 0 unspecified atom stereocenters. The average molecular weight is 313 g/mol. The largest absolute Gasteiger partial charge is 0.389 e. The van der Waals surface area contributed by atoms with E-state index in [0.29, 0.717) is 26.1 Å². The lowest BCUT2D eigenvalue weighted by Gasteiger charge is -2.18. The molecule has 1 rings (SSSR count). The minimum absolute atomic E-state index is 0.0211. The molecule has 0 aliphatic heterocycles. The van der Waals surface area contributed by atoms with Gasteiger partial charge < -0.3 is 10.2 Å². The van der Waals surface area contributed by atoms with Crippen LogP contribution in [-0.4, -0.2) is 30.4 Å². The number of hydrogen-bond donors (Lipinski definition) is 1. The van der Waals surface area contributed by atoms with Gasteiger partial charge >= 0.3 is 0 Å². The van der Waals surface area contributed by atoms with Crippen LogP contribution in [-0.2, 0) is 11.2 Å². The van der Waals surface area contributed by atoms with Crippen molar-refractivity contribution in [2.45, 2.75) is 6.42 Å². The maximum Gasteiger partial charge on any atom is 0.266 e. The van der Waals surface area contributed by atoms with Crippen LogP contribution in [0.2, 0.25) is 0 Å². The van der Waals surface area contributed by atoms with Crippen LogP contribution in [0, 0.1) is 17.1 Å². The molecule has 0 atom stereocenters. The third kappa shape index (κ3) is 6.18. The summed E-state index contributed by atoms with van der Waals surface area (Å²) in [5.41, 5.74) is 0.991. The molecule has 0 aliphatic carbocycles. The van der Waals surface area contributed by atoms with Crippen LogP contribution in [0.3, 0.4) is 0 Å². The zero-order valence-corrected chi connectivity index (χ0v) is 13.0. The van der Waals surface area contributed by atoms with Gasteiger partial charge in [0.15, 0.2) is 0 Å². The van der Waals surface area contributed by atoms with Crippen LogP contribution in [0.1, 0.15) is 5.56 Å². The Morgan fingerprint density at radius 3 is 2.39 bits per heavy atom. The topological polar surface area (TPSA) is 56.1 Å². The molecule has 5 heteroatoms. The van der Waals surface area contributed by atoms with E-state index in [1.165, 1.54) is 23.2 Å². The molecule has 1 aromatic carbocycles. The molecule has 1 amide bonds. The van der Waals surface area contributed by atoms with E-state index in [1.807, 2.05) is 6.07 Å². The summed E-state index contributed by atoms with van der Waals surface area (Å²) in [5.74, 6) is -0.648. The Morgan fingerprint density at radius 2 is 1.87 bits per heavy atom. The van der Waals surface area contributed by atoms with Crippen molar-refractivity contribution < 1.29 is 9.18 Å². The summed E-state index contributed by atoms with van der Waals surface area (Å²) < 4.78 is 12.8. The van der Waals surface area contributed by atoms with E-state index in [2.05, 4.69) is 18.5 Å². The second-order valence-corrected chi connectivity index (χ2v) is 4.79. The highest BCUT2D eigenvalue weighted by molar-refractivity contribution is 5.97. The van der Waals surface area contributed by atoms with E-state index in [4.69, 9.17) is 5.26 Å². The van der Waals surface area contributed by atoms with Crippen molar-refractivity contribution in [1.82, 2.24) is 10.2 Å². The van der Waals surface area contributed by atoms with Gasteiger partial charge in [0.25, 0.3) is 5.91 Å². The SMILES string of the molecule is C=CCN(CC=C)C(=O)/C(C#N)=C\NCCc1ccc(F)cc1. The maximum atomic E-state index is 12.8. The second-order valence-electron chi connectivity index (χ2n) is 4.79. The molecule has 0 fully saturated rings. The van der Waals surface area contributed by atoms with E-state index >= 15 is 0 Å². The third-order valence-corrected chi connectivity index (χ3v) is 3.05. The molecular formula is C18H20FN3O. The van der Waals surface area contributed by atoms with Crippen molar-refractivity contribution in [2.75, 3.05) is 19.6 Å². The van der Waals surface area contributed by atoms with Crippen molar-refractivity contribution in [1.29, 1.82) is 5.26 Å². The number of halogens is 1. The number of hydrogen-bond acceptors (Lipinski definition) is 3. The smallest absolute Gasteiger partial charge is 0.266 e. The minimum atomic E-state index is -0.374. The fourth-order valence-corrected chi connectivity index (χ4v) is 1.91. The van der Waals surface area contributed by atoms with Crippen LogP contribution < -0.4 is 5.32 Å².